The standard InChI is InChI=1S/C16H20FN3O3S/c1-16(2,3)24(22,23)10-15(21)19-9-12-4-5-14(13(17)8-12)20-7-6-18-11-20/h4-8,11H,9-10H2,1-3H3,(H,19,21). The molecule has 1 N–H and O–H groups in total. The maximum Gasteiger partial charge on any atom is 0.235 e. The van der Waals surface area contributed by atoms with E-state index < -0.39 is 32.1 Å². The van der Waals surface area contributed by atoms with Crippen LogP contribution in [-0.4, -0.2) is 34.4 Å². The third-order valence-electron chi connectivity index (χ3n) is 3.54. The van der Waals surface area contributed by atoms with Gasteiger partial charge < -0.3 is 9.88 Å². The van der Waals surface area contributed by atoms with E-state index in [2.05, 4.69) is 10.3 Å². The van der Waals surface area contributed by atoms with Crippen molar-refractivity contribution in [2.45, 2.75) is 32.1 Å². The monoisotopic (exact) mass is 353 g/mol. The van der Waals surface area contributed by atoms with Crippen LogP contribution in [0.2, 0.25) is 0 Å². The third-order valence-corrected chi connectivity index (χ3v) is 6.05. The molecule has 1 amide bonds. The average Bonchev–Trinajstić information content (AvgIpc) is 2.97. The molecule has 130 valence electrons. The number of rotatable bonds is 5. The van der Waals surface area contributed by atoms with Gasteiger partial charge in [0.05, 0.1) is 16.8 Å². The van der Waals surface area contributed by atoms with E-state index in [1.165, 1.54) is 17.0 Å². The van der Waals surface area contributed by atoms with Crippen molar-refractivity contribution in [2.75, 3.05) is 5.75 Å². The van der Waals surface area contributed by atoms with Crippen molar-refractivity contribution >= 4 is 15.7 Å². The zero-order chi connectivity index (χ0) is 18.0. The summed E-state index contributed by atoms with van der Waals surface area (Å²) in [4.78, 5) is 15.7. The van der Waals surface area contributed by atoms with Crippen LogP contribution >= 0.6 is 0 Å². The molecule has 0 atom stereocenters. The largest absolute Gasteiger partial charge is 0.351 e. The molecule has 8 heteroatoms. The number of nitrogens with zero attached hydrogens (tertiary/aromatic N) is 2. The normalized spacial score (nSPS) is 12.2. The molecule has 0 spiro atoms. The van der Waals surface area contributed by atoms with Crippen molar-refractivity contribution in [1.29, 1.82) is 0 Å². The molecule has 1 aromatic carbocycles. The fourth-order valence-electron chi connectivity index (χ4n) is 1.91. The van der Waals surface area contributed by atoms with Gasteiger partial charge in [-0.3, -0.25) is 4.79 Å². The zero-order valence-electron chi connectivity index (χ0n) is 13.8. The highest BCUT2D eigenvalue weighted by atomic mass is 32.2. The van der Waals surface area contributed by atoms with Gasteiger partial charge in [-0.15, -0.1) is 0 Å². The predicted molar refractivity (Wildman–Crippen MR) is 88.9 cm³/mol. The first-order chi connectivity index (χ1) is 11.1. The summed E-state index contributed by atoms with van der Waals surface area (Å²) < 4.78 is 38.6. The molecule has 0 aliphatic rings. The lowest BCUT2D eigenvalue weighted by molar-refractivity contribution is -0.118. The first kappa shape index (κ1) is 18.1. The number of benzene rings is 1. The SMILES string of the molecule is CC(C)(C)S(=O)(=O)CC(=O)NCc1ccc(-n2ccnc2)c(F)c1. The summed E-state index contributed by atoms with van der Waals surface area (Å²) in [7, 11) is -3.54. The second-order valence-corrected chi connectivity index (χ2v) is 9.15. The van der Waals surface area contributed by atoms with Gasteiger partial charge in [-0.2, -0.15) is 0 Å². The minimum Gasteiger partial charge on any atom is -0.351 e. The Balaban J connectivity index is 2.00. The van der Waals surface area contributed by atoms with Crippen LogP contribution in [0.4, 0.5) is 4.39 Å². The molecular formula is C16H20FN3O3S. The lowest BCUT2D eigenvalue weighted by atomic mass is 10.2. The Morgan fingerprint density at radius 2 is 2.04 bits per heavy atom. The van der Waals surface area contributed by atoms with E-state index in [4.69, 9.17) is 0 Å². The summed E-state index contributed by atoms with van der Waals surface area (Å²) in [5, 5.41) is 2.50. The highest BCUT2D eigenvalue weighted by Crippen LogP contribution is 2.16. The molecule has 2 rings (SSSR count). The molecule has 0 radical (unpaired) electrons. The van der Waals surface area contributed by atoms with Crippen LogP contribution in [0.25, 0.3) is 5.69 Å². The lowest BCUT2D eigenvalue weighted by Crippen LogP contribution is -2.38. The Kier molecular flexibility index (Phi) is 5.08. The van der Waals surface area contributed by atoms with Crippen molar-refractivity contribution < 1.29 is 17.6 Å². The molecule has 0 aliphatic carbocycles. The molecule has 1 heterocycles. The van der Waals surface area contributed by atoms with Crippen LogP contribution < -0.4 is 5.32 Å². The second-order valence-electron chi connectivity index (χ2n) is 6.40. The Hall–Kier alpha value is -2.22. The number of halogens is 1. The molecular weight excluding hydrogens is 333 g/mol. The second kappa shape index (κ2) is 6.72. The molecule has 1 aromatic heterocycles. The summed E-state index contributed by atoms with van der Waals surface area (Å²) in [6, 6.07) is 4.54. The fourth-order valence-corrected chi connectivity index (χ4v) is 2.79. The van der Waals surface area contributed by atoms with Crippen LogP contribution in [0, 0.1) is 5.82 Å². The highest BCUT2D eigenvalue weighted by molar-refractivity contribution is 7.93. The number of nitrogens with one attached hydrogen (secondary N) is 1. The smallest absolute Gasteiger partial charge is 0.235 e. The van der Waals surface area contributed by atoms with Gasteiger partial charge in [0, 0.05) is 18.9 Å². The minimum absolute atomic E-state index is 0.0552. The van der Waals surface area contributed by atoms with E-state index in [0.29, 0.717) is 11.3 Å². The molecule has 0 unspecified atom stereocenters. The molecule has 0 bridgehead atoms. The molecule has 6 nitrogen and oxygen atoms in total. The number of aromatic nitrogens is 2. The van der Waals surface area contributed by atoms with Gasteiger partial charge in [-0.05, 0) is 38.5 Å². The van der Waals surface area contributed by atoms with Crippen molar-refractivity contribution in [1.82, 2.24) is 14.9 Å². The number of hydrogen-bond acceptors (Lipinski definition) is 4. The van der Waals surface area contributed by atoms with Gasteiger partial charge in [0.25, 0.3) is 0 Å². The minimum atomic E-state index is -3.54. The van der Waals surface area contributed by atoms with Gasteiger partial charge in [-0.25, -0.2) is 17.8 Å². The molecule has 0 saturated carbocycles. The van der Waals surface area contributed by atoms with Crippen molar-refractivity contribution in [3.05, 3.63) is 48.3 Å². The topological polar surface area (TPSA) is 81.1 Å². The van der Waals surface area contributed by atoms with E-state index in [-0.39, 0.29) is 6.54 Å². The summed E-state index contributed by atoms with van der Waals surface area (Å²) >= 11 is 0. The van der Waals surface area contributed by atoms with E-state index in [1.54, 1.807) is 45.3 Å². The summed E-state index contributed by atoms with van der Waals surface area (Å²) in [6.45, 7) is 4.68. The average molecular weight is 353 g/mol. The Bertz CT molecular complexity index is 825. The van der Waals surface area contributed by atoms with E-state index >= 15 is 0 Å². The summed E-state index contributed by atoms with van der Waals surface area (Å²) in [6.07, 6.45) is 4.65. The van der Waals surface area contributed by atoms with E-state index in [9.17, 15) is 17.6 Å². The Morgan fingerprint density at radius 1 is 1.33 bits per heavy atom. The number of hydrogen-bond donors (Lipinski definition) is 1. The fraction of sp³-hybridized carbons (Fsp3) is 0.375. The Labute approximate surface area is 140 Å². The van der Waals surface area contributed by atoms with Crippen molar-refractivity contribution in [3.8, 4) is 5.69 Å². The van der Waals surface area contributed by atoms with E-state index in [1.807, 2.05) is 0 Å². The van der Waals surface area contributed by atoms with Crippen LogP contribution in [0.3, 0.4) is 0 Å². The predicted octanol–water partition coefficient (Wildman–Crippen LogP) is 1.84. The van der Waals surface area contributed by atoms with Crippen LogP contribution in [-0.2, 0) is 21.2 Å². The maximum atomic E-state index is 14.1. The molecule has 0 aliphatic heterocycles. The zero-order valence-corrected chi connectivity index (χ0v) is 14.6. The van der Waals surface area contributed by atoms with Crippen molar-refractivity contribution in [2.24, 2.45) is 0 Å². The third kappa shape index (κ3) is 4.19. The molecule has 24 heavy (non-hydrogen) atoms. The summed E-state index contributed by atoms with van der Waals surface area (Å²) in [5.41, 5.74) is 0.885. The van der Waals surface area contributed by atoms with Crippen molar-refractivity contribution in [3.63, 3.8) is 0 Å². The van der Waals surface area contributed by atoms with Crippen LogP contribution in [0.1, 0.15) is 26.3 Å². The molecule has 2 aromatic rings. The number of imidazole rings is 1. The quantitative estimate of drug-likeness (QED) is 0.889. The lowest BCUT2D eigenvalue weighted by Gasteiger charge is -2.18. The number of amides is 1. The van der Waals surface area contributed by atoms with Gasteiger partial charge in [0.2, 0.25) is 5.91 Å². The first-order valence-electron chi connectivity index (χ1n) is 7.36. The molecule has 0 fully saturated rings. The van der Waals surface area contributed by atoms with Crippen LogP contribution in [0.15, 0.2) is 36.9 Å². The first-order valence-corrected chi connectivity index (χ1v) is 9.01. The van der Waals surface area contributed by atoms with Crippen LogP contribution in [0.5, 0.6) is 0 Å². The van der Waals surface area contributed by atoms with E-state index in [0.717, 1.165) is 0 Å². The number of carbonyl (C=O) groups is 1. The van der Waals surface area contributed by atoms with Gasteiger partial charge in [0.1, 0.15) is 11.6 Å². The van der Waals surface area contributed by atoms with Gasteiger partial charge >= 0.3 is 0 Å². The number of sulfone groups is 1. The Morgan fingerprint density at radius 3 is 2.58 bits per heavy atom. The highest BCUT2D eigenvalue weighted by Gasteiger charge is 2.31. The van der Waals surface area contributed by atoms with Gasteiger partial charge in [0.15, 0.2) is 9.84 Å². The molecule has 0 saturated heterocycles. The number of carbonyl (C=O) groups excluding carboxylic acids is 1. The summed E-state index contributed by atoms with van der Waals surface area (Å²) in [5.74, 6) is -1.65. The maximum absolute atomic E-state index is 14.1. The van der Waals surface area contributed by atoms with Gasteiger partial charge in [-0.1, -0.05) is 6.07 Å².